The van der Waals surface area contributed by atoms with E-state index in [1.165, 1.54) is 4.90 Å². The Bertz CT molecular complexity index is 917. The molecule has 27 heavy (non-hydrogen) atoms. The minimum Gasteiger partial charge on any atom is -0.508 e. The summed E-state index contributed by atoms with van der Waals surface area (Å²) in [4.78, 5) is 10.9. The van der Waals surface area contributed by atoms with Crippen molar-refractivity contribution in [3.8, 4) is 5.75 Å². The molecule has 5 nitrogen and oxygen atoms in total. The summed E-state index contributed by atoms with van der Waals surface area (Å²) in [6.07, 6.45) is 0. The summed E-state index contributed by atoms with van der Waals surface area (Å²) in [5.41, 5.74) is 2.96. The lowest BCUT2D eigenvalue weighted by atomic mass is 10.1. The minimum atomic E-state index is 0.349. The third-order valence-electron chi connectivity index (χ3n) is 5.31. The number of imidazole rings is 1. The highest BCUT2D eigenvalue weighted by atomic mass is 32.2. The topological polar surface area (TPSA) is 44.5 Å². The first kappa shape index (κ1) is 18.3. The maximum Gasteiger partial charge on any atom is 0.122 e. The van der Waals surface area contributed by atoms with Crippen LogP contribution in [-0.2, 0) is 19.3 Å². The summed E-state index contributed by atoms with van der Waals surface area (Å²) in [6.45, 7) is 4.93. The van der Waals surface area contributed by atoms with Crippen molar-refractivity contribution < 1.29 is 5.11 Å². The first-order valence-electron chi connectivity index (χ1n) is 9.36. The molecule has 0 spiro atoms. The van der Waals surface area contributed by atoms with Crippen LogP contribution in [0.2, 0.25) is 0 Å². The van der Waals surface area contributed by atoms with Gasteiger partial charge in [-0.3, -0.25) is 4.90 Å². The maximum atomic E-state index is 10.5. The van der Waals surface area contributed by atoms with E-state index in [1.54, 1.807) is 11.8 Å². The van der Waals surface area contributed by atoms with Crippen molar-refractivity contribution in [1.82, 2.24) is 19.4 Å². The van der Waals surface area contributed by atoms with E-state index in [2.05, 4.69) is 52.7 Å². The van der Waals surface area contributed by atoms with Gasteiger partial charge in [0.2, 0.25) is 0 Å². The van der Waals surface area contributed by atoms with E-state index in [0.29, 0.717) is 5.75 Å². The van der Waals surface area contributed by atoms with Crippen molar-refractivity contribution in [3.63, 3.8) is 0 Å². The molecule has 142 valence electrons. The quantitative estimate of drug-likeness (QED) is 0.686. The fourth-order valence-electron chi connectivity index (χ4n) is 3.53. The van der Waals surface area contributed by atoms with Crippen molar-refractivity contribution in [3.05, 3.63) is 53.9 Å². The number of rotatable bonds is 5. The van der Waals surface area contributed by atoms with Gasteiger partial charge in [-0.25, -0.2) is 4.98 Å². The predicted molar refractivity (Wildman–Crippen MR) is 111 cm³/mol. The van der Waals surface area contributed by atoms with Crippen LogP contribution in [0.1, 0.15) is 11.4 Å². The molecule has 3 aromatic rings. The third-order valence-corrected chi connectivity index (χ3v) is 6.32. The summed E-state index contributed by atoms with van der Waals surface area (Å²) in [5, 5.41) is 10.5. The lowest BCUT2D eigenvalue weighted by Gasteiger charge is -2.32. The first-order valence-corrected chi connectivity index (χ1v) is 10.4. The number of benzene rings is 2. The Labute approximate surface area is 164 Å². The molecule has 1 aliphatic rings. The van der Waals surface area contributed by atoms with Crippen molar-refractivity contribution in [2.45, 2.75) is 17.2 Å². The van der Waals surface area contributed by atoms with Crippen LogP contribution < -0.4 is 0 Å². The number of nitrogens with zero attached hydrogens (tertiary/aromatic N) is 4. The molecule has 0 bridgehead atoms. The number of phenols is 1. The molecular weight excluding hydrogens is 356 g/mol. The van der Waals surface area contributed by atoms with Crippen molar-refractivity contribution >= 4 is 22.8 Å². The molecule has 2 aromatic carbocycles. The van der Waals surface area contributed by atoms with Gasteiger partial charge in [0.05, 0.1) is 16.8 Å². The van der Waals surface area contributed by atoms with Crippen molar-refractivity contribution in [2.24, 2.45) is 7.05 Å². The molecular formula is C21H26N4OS. The number of aryl methyl sites for hydroxylation is 1. The van der Waals surface area contributed by atoms with Gasteiger partial charge in [0.1, 0.15) is 11.6 Å². The van der Waals surface area contributed by atoms with E-state index in [4.69, 9.17) is 4.98 Å². The summed E-state index contributed by atoms with van der Waals surface area (Å²) in [6, 6.07) is 14.2. The minimum absolute atomic E-state index is 0.349. The zero-order valence-corrected chi connectivity index (χ0v) is 16.7. The number of hydrogen-bond donors (Lipinski definition) is 1. The van der Waals surface area contributed by atoms with Gasteiger partial charge in [0.25, 0.3) is 0 Å². The molecule has 1 aliphatic heterocycles. The molecule has 1 aromatic heterocycles. The van der Waals surface area contributed by atoms with Crippen LogP contribution in [0.3, 0.4) is 0 Å². The predicted octanol–water partition coefficient (Wildman–Crippen LogP) is 3.32. The molecule has 6 heteroatoms. The van der Waals surface area contributed by atoms with Crippen LogP contribution in [0, 0.1) is 0 Å². The van der Waals surface area contributed by atoms with Crippen LogP contribution in [0.5, 0.6) is 5.75 Å². The molecule has 0 saturated carbocycles. The van der Waals surface area contributed by atoms with Gasteiger partial charge in [-0.05, 0) is 31.3 Å². The molecule has 0 aliphatic carbocycles. The van der Waals surface area contributed by atoms with Crippen LogP contribution >= 0.6 is 11.8 Å². The van der Waals surface area contributed by atoms with E-state index in [1.807, 2.05) is 18.2 Å². The van der Waals surface area contributed by atoms with Gasteiger partial charge in [-0.1, -0.05) is 18.2 Å². The van der Waals surface area contributed by atoms with Gasteiger partial charge in [-0.2, -0.15) is 0 Å². The normalized spacial score (nSPS) is 16.2. The number of aromatic nitrogens is 2. The van der Waals surface area contributed by atoms with Crippen molar-refractivity contribution in [1.29, 1.82) is 0 Å². The second kappa shape index (κ2) is 7.92. The SMILES string of the molecule is CN1CCN(Cc2c(O)ccc3c2nc(CSc2ccccc2)n3C)CC1. The summed E-state index contributed by atoms with van der Waals surface area (Å²) in [7, 11) is 4.22. The Morgan fingerprint density at radius 1 is 1.00 bits per heavy atom. The van der Waals surface area contributed by atoms with E-state index in [-0.39, 0.29) is 0 Å². The number of aromatic hydroxyl groups is 1. The molecule has 1 saturated heterocycles. The fourth-order valence-corrected chi connectivity index (χ4v) is 4.43. The molecule has 0 radical (unpaired) electrons. The number of fused-ring (bicyclic) bond motifs is 1. The Hall–Kier alpha value is -2.02. The standard InChI is InChI=1S/C21H26N4OS/c1-23-10-12-25(13-11-23)14-17-19(26)9-8-18-21(17)22-20(24(18)2)15-27-16-6-4-3-5-7-16/h3-9,26H,10-15H2,1-2H3. The van der Waals surface area contributed by atoms with E-state index < -0.39 is 0 Å². The van der Waals surface area contributed by atoms with Gasteiger partial charge in [0.15, 0.2) is 0 Å². The second-order valence-corrected chi connectivity index (χ2v) is 8.25. The zero-order chi connectivity index (χ0) is 18.8. The smallest absolute Gasteiger partial charge is 0.122 e. The molecule has 1 fully saturated rings. The highest BCUT2D eigenvalue weighted by Gasteiger charge is 2.20. The molecule has 4 rings (SSSR count). The number of likely N-dealkylation sites (N-methyl/N-ethyl adjacent to an activating group) is 1. The van der Waals surface area contributed by atoms with Crippen molar-refractivity contribution in [2.75, 3.05) is 33.2 Å². The highest BCUT2D eigenvalue weighted by molar-refractivity contribution is 7.98. The molecule has 1 N–H and O–H groups in total. The number of phenolic OH excluding ortho intramolecular Hbond substituents is 1. The molecule has 2 heterocycles. The summed E-state index contributed by atoms with van der Waals surface area (Å²) >= 11 is 1.79. The number of piperazine rings is 1. The molecule has 0 unspecified atom stereocenters. The Morgan fingerprint density at radius 2 is 1.74 bits per heavy atom. The van der Waals surface area contributed by atoms with E-state index in [0.717, 1.165) is 60.9 Å². The lowest BCUT2D eigenvalue weighted by Crippen LogP contribution is -2.43. The Balaban J connectivity index is 1.59. The average Bonchev–Trinajstić information content (AvgIpc) is 3.01. The maximum absolute atomic E-state index is 10.5. The van der Waals surface area contributed by atoms with Crippen LogP contribution in [0.25, 0.3) is 11.0 Å². The lowest BCUT2D eigenvalue weighted by molar-refractivity contribution is 0.147. The Morgan fingerprint density at radius 3 is 2.48 bits per heavy atom. The highest BCUT2D eigenvalue weighted by Crippen LogP contribution is 2.30. The summed E-state index contributed by atoms with van der Waals surface area (Å²) < 4.78 is 2.15. The Kier molecular flexibility index (Phi) is 5.38. The van der Waals surface area contributed by atoms with Crippen LogP contribution in [0.15, 0.2) is 47.4 Å². The van der Waals surface area contributed by atoms with E-state index in [9.17, 15) is 5.11 Å². The number of thioether (sulfide) groups is 1. The van der Waals surface area contributed by atoms with Gasteiger partial charge in [-0.15, -0.1) is 11.8 Å². The van der Waals surface area contributed by atoms with Gasteiger partial charge >= 0.3 is 0 Å². The number of hydrogen-bond acceptors (Lipinski definition) is 5. The van der Waals surface area contributed by atoms with Gasteiger partial charge in [0, 0.05) is 50.2 Å². The first-order chi connectivity index (χ1) is 13.1. The van der Waals surface area contributed by atoms with Crippen LogP contribution in [-0.4, -0.2) is 57.7 Å². The summed E-state index contributed by atoms with van der Waals surface area (Å²) in [5.74, 6) is 2.19. The van der Waals surface area contributed by atoms with E-state index >= 15 is 0 Å². The second-order valence-electron chi connectivity index (χ2n) is 7.20. The fraction of sp³-hybridized carbons (Fsp3) is 0.381. The largest absolute Gasteiger partial charge is 0.508 e. The zero-order valence-electron chi connectivity index (χ0n) is 15.9. The van der Waals surface area contributed by atoms with Gasteiger partial charge < -0.3 is 14.6 Å². The molecule has 0 atom stereocenters. The average molecular weight is 383 g/mol. The monoisotopic (exact) mass is 382 g/mol. The van der Waals surface area contributed by atoms with Crippen LogP contribution in [0.4, 0.5) is 0 Å². The molecule has 0 amide bonds. The third kappa shape index (κ3) is 3.98.